The van der Waals surface area contributed by atoms with Crippen LogP contribution in [-0.4, -0.2) is 46.6 Å². The first-order valence-corrected chi connectivity index (χ1v) is 7.71. The first-order chi connectivity index (χ1) is 9.77. The third-order valence-corrected chi connectivity index (χ3v) is 3.33. The number of rotatable bonds is 11. The van der Waals surface area contributed by atoms with Gasteiger partial charge in [-0.05, 0) is 24.2 Å². The molecule has 20 heavy (non-hydrogen) atoms. The zero-order valence-electron chi connectivity index (χ0n) is 12.2. The number of methoxy groups -OCH3 is 1. The topological polar surface area (TPSA) is 39.7 Å². The summed E-state index contributed by atoms with van der Waals surface area (Å²) in [5, 5.41) is 3.33. The van der Waals surface area contributed by atoms with E-state index < -0.39 is 0 Å². The lowest BCUT2D eigenvalue weighted by molar-refractivity contribution is -0.00671. The Labute approximate surface area is 129 Å². The normalized spacial score (nSPS) is 12.6. The van der Waals surface area contributed by atoms with Crippen LogP contribution in [0.5, 0.6) is 0 Å². The third-order valence-electron chi connectivity index (χ3n) is 2.80. The Morgan fingerprint density at radius 1 is 1.10 bits per heavy atom. The van der Waals surface area contributed by atoms with Crippen LogP contribution in [0.1, 0.15) is 18.6 Å². The van der Waals surface area contributed by atoms with E-state index >= 15 is 0 Å². The lowest BCUT2D eigenvalue weighted by Gasteiger charge is -2.19. The molecule has 4 nitrogen and oxygen atoms in total. The Hall–Kier alpha value is -0.460. The quantitative estimate of drug-likeness (QED) is 0.626. The molecule has 1 aromatic rings. The average Bonchev–Trinajstić information content (AvgIpc) is 2.47. The molecule has 1 rings (SSSR count). The van der Waals surface area contributed by atoms with Crippen LogP contribution in [0, 0.1) is 0 Å². The van der Waals surface area contributed by atoms with Crippen molar-refractivity contribution in [2.75, 3.05) is 46.6 Å². The maximum Gasteiger partial charge on any atom is 0.0950 e. The number of likely N-dealkylation sites (N-methyl/N-ethyl adjacent to an activating group) is 1. The molecule has 1 N–H and O–H groups in total. The van der Waals surface area contributed by atoms with Crippen molar-refractivity contribution >= 4 is 15.9 Å². The van der Waals surface area contributed by atoms with Gasteiger partial charge in [0.2, 0.25) is 0 Å². The highest BCUT2D eigenvalue weighted by Crippen LogP contribution is 2.19. The lowest BCUT2D eigenvalue weighted by Crippen LogP contribution is -2.24. The van der Waals surface area contributed by atoms with Gasteiger partial charge in [-0.1, -0.05) is 35.0 Å². The second-order valence-corrected chi connectivity index (χ2v) is 5.24. The minimum Gasteiger partial charge on any atom is -0.382 e. The number of nitrogens with one attached hydrogen (secondary N) is 1. The van der Waals surface area contributed by atoms with E-state index in [4.69, 9.17) is 14.2 Å². The van der Waals surface area contributed by atoms with Crippen LogP contribution in [-0.2, 0) is 14.2 Å². The van der Waals surface area contributed by atoms with Gasteiger partial charge >= 0.3 is 0 Å². The molecule has 0 amide bonds. The minimum absolute atomic E-state index is 0.0501. The second-order valence-electron chi connectivity index (χ2n) is 4.32. The molecule has 0 aliphatic heterocycles. The van der Waals surface area contributed by atoms with E-state index in [-0.39, 0.29) is 6.10 Å². The van der Waals surface area contributed by atoms with Gasteiger partial charge in [0.1, 0.15) is 0 Å². The van der Waals surface area contributed by atoms with Crippen molar-refractivity contribution in [2.24, 2.45) is 0 Å². The fourth-order valence-electron chi connectivity index (χ4n) is 1.72. The van der Waals surface area contributed by atoms with Gasteiger partial charge in [-0.25, -0.2) is 0 Å². The van der Waals surface area contributed by atoms with Crippen molar-refractivity contribution in [1.29, 1.82) is 0 Å². The largest absolute Gasteiger partial charge is 0.382 e. The van der Waals surface area contributed by atoms with Crippen molar-refractivity contribution in [3.63, 3.8) is 0 Å². The zero-order chi connectivity index (χ0) is 14.6. The molecular weight excluding hydrogens is 322 g/mol. The number of halogens is 1. The summed E-state index contributed by atoms with van der Waals surface area (Å²) in [6, 6.07) is 8.23. The summed E-state index contributed by atoms with van der Waals surface area (Å²) >= 11 is 3.45. The maximum absolute atomic E-state index is 5.91. The van der Waals surface area contributed by atoms with Crippen LogP contribution < -0.4 is 5.32 Å². The van der Waals surface area contributed by atoms with Crippen LogP contribution in [0.3, 0.4) is 0 Å². The summed E-state index contributed by atoms with van der Waals surface area (Å²) in [5.74, 6) is 0. The lowest BCUT2D eigenvalue weighted by atomic mass is 10.1. The minimum atomic E-state index is 0.0501. The Bertz CT molecular complexity index is 345. The van der Waals surface area contributed by atoms with E-state index in [1.807, 2.05) is 12.1 Å². The fraction of sp³-hybridized carbons (Fsp3) is 0.600. The summed E-state index contributed by atoms with van der Waals surface area (Å²) in [6.45, 7) is 6.21. The summed E-state index contributed by atoms with van der Waals surface area (Å²) in [7, 11) is 1.67. The fourth-order valence-corrected chi connectivity index (χ4v) is 1.98. The van der Waals surface area contributed by atoms with Gasteiger partial charge in [0.05, 0.1) is 32.5 Å². The Balaban J connectivity index is 2.37. The van der Waals surface area contributed by atoms with Gasteiger partial charge in [-0.2, -0.15) is 0 Å². The van der Waals surface area contributed by atoms with Gasteiger partial charge in [0, 0.05) is 18.1 Å². The SMILES string of the molecule is CCNCC(OCCOCCOC)c1ccc(Br)cc1. The molecule has 114 valence electrons. The average molecular weight is 346 g/mol. The van der Waals surface area contributed by atoms with Crippen molar-refractivity contribution in [3.8, 4) is 0 Å². The predicted octanol–water partition coefficient (Wildman–Crippen LogP) is 2.78. The number of benzene rings is 1. The molecule has 0 saturated heterocycles. The molecular formula is C15H24BrNO3. The van der Waals surface area contributed by atoms with Crippen molar-refractivity contribution < 1.29 is 14.2 Å². The van der Waals surface area contributed by atoms with Crippen molar-refractivity contribution in [1.82, 2.24) is 5.32 Å². The second kappa shape index (κ2) is 11.2. The first kappa shape index (κ1) is 17.6. The molecule has 0 bridgehead atoms. The molecule has 0 aromatic heterocycles. The van der Waals surface area contributed by atoms with Crippen molar-refractivity contribution in [3.05, 3.63) is 34.3 Å². The summed E-state index contributed by atoms with van der Waals surface area (Å²) < 4.78 is 17.3. The van der Waals surface area contributed by atoms with Gasteiger partial charge in [-0.15, -0.1) is 0 Å². The maximum atomic E-state index is 5.91. The summed E-state index contributed by atoms with van der Waals surface area (Å²) in [4.78, 5) is 0. The van der Waals surface area contributed by atoms with E-state index in [0.717, 1.165) is 17.6 Å². The van der Waals surface area contributed by atoms with Crippen LogP contribution in [0.2, 0.25) is 0 Å². The molecule has 0 radical (unpaired) electrons. The van der Waals surface area contributed by atoms with E-state index in [9.17, 15) is 0 Å². The van der Waals surface area contributed by atoms with Gasteiger partial charge < -0.3 is 19.5 Å². The Morgan fingerprint density at radius 2 is 1.80 bits per heavy atom. The predicted molar refractivity (Wildman–Crippen MR) is 84.1 cm³/mol. The first-order valence-electron chi connectivity index (χ1n) is 6.92. The number of hydrogen-bond acceptors (Lipinski definition) is 4. The van der Waals surface area contributed by atoms with Crippen LogP contribution >= 0.6 is 15.9 Å². The molecule has 1 atom stereocenters. The molecule has 0 saturated carbocycles. The monoisotopic (exact) mass is 345 g/mol. The highest BCUT2D eigenvalue weighted by molar-refractivity contribution is 9.10. The number of ether oxygens (including phenoxy) is 3. The van der Waals surface area contributed by atoms with E-state index in [1.165, 1.54) is 5.56 Å². The third kappa shape index (κ3) is 7.36. The van der Waals surface area contributed by atoms with Gasteiger partial charge in [0.15, 0.2) is 0 Å². The van der Waals surface area contributed by atoms with Crippen LogP contribution in [0.25, 0.3) is 0 Å². The van der Waals surface area contributed by atoms with E-state index in [0.29, 0.717) is 26.4 Å². The molecule has 5 heteroatoms. The van der Waals surface area contributed by atoms with Crippen LogP contribution in [0.4, 0.5) is 0 Å². The molecule has 0 aliphatic rings. The molecule has 0 heterocycles. The standard InChI is InChI=1S/C15H24BrNO3/c1-3-17-12-15(13-4-6-14(16)7-5-13)20-11-10-19-9-8-18-2/h4-7,15,17H,3,8-12H2,1-2H3. The summed E-state index contributed by atoms with van der Waals surface area (Å²) in [6.07, 6.45) is 0.0501. The molecule has 0 fully saturated rings. The molecule has 1 aromatic carbocycles. The summed E-state index contributed by atoms with van der Waals surface area (Å²) in [5.41, 5.74) is 1.17. The smallest absolute Gasteiger partial charge is 0.0950 e. The highest BCUT2D eigenvalue weighted by atomic mass is 79.9. The molecule has 0 spiro atoms. The van der Waals surface area contributed by atoms with E-state index in [1.54, 1.807) is 7.11 Å². The van der Waals surface area contributed by atoms with Gasteiger partial charge in [-0.3, -0.25) is 0 Å². The number of hydrogen-bond donors (Lipinski definition) is 1. The zero-order valence-corrected chi connectivity index (χ0v) is 13.8. The Kier molecular flexibility index (Phi) is 9.87. The molecule has 1 unspecified atom stereocenters. The highest BCUT2D eigenvalue weighted by Gasteiger charge is 2.11. The molecule has 0 aliphatic carbocycles. The van der Waals surface area contributed by atoms with E-state index in [2.05, 4.69) is 40.3 Å². The Morgan fingerprint density at radius 3 is 2.45 bits per heavy atom. The van der Waals surface area contributed by atoms with Gasteiger partial charge in [0.25, 0.3) is 0 Å². The van der Waals surface area contributed by atoms with Crippen LogP contribution in [0.15, 0.2) is 28.7 Å². The van der Waals surface area contributed by atoms with Crippen molar-refractivity contribution in [2.45, 2.75) is 13.0 Å².